The van der Waals surface area contributed by atoms with Gasteiger partial charge in [-0.3, -0.25) is 4.90 Å². The Kier molecular flexibility index (Phi) is 6.35. The summed E-state index contributed by atoms with van der Waals surface area (Å²) in [5.74, 6) is 1.18. The summed E-state index contributed by atoms with van der Waals surface area (Å²) in [6.07, 6.45) is 3.02. The molecule has 0 saturated carbocycles. The number of pyridine rings is 1. The largest absolute Gasteiger partial charge is 0.465 e. The van der Waals surface area contributed by atoms with Crippen molar-refractivity contribution in [3.63, 3.8) is 0 Å². The summed E-state index contributed by atoms with van der Waals surface area (Å²) < 4.78 is 0.946. The zero-order valence-electron chi connectivity index (χ0n) is 12.8. The highest BCUT2D eigenvalue weighted by atomic mass is 79.9. The van der Waals surface area contributed by atoms with Crippen LogP contribution in [0.25, 0.3) is 0 Å². The van der Waals surface area contributed by atoms with E-state index in [1.54, 1.807) is 6.20 Å². The zero-order valence-corrected chi connectivity index (χ0v) is 14.4. The maximum Gasteiger partial charge on any atom is 0.407 e. The molecule has 7 nitrogen and oxygen atoms in total. The Hall–Kier alpha value is -1.67. The van der Waals surface area contributed by atoms with Gasteiger partial charge in [0, 0.05) is 36.3 Å². The number of carbonyl (C=O) groups excluding carboxylic acids is 1. The zero-order chi connectivity index (χ0) is 16.8. The number of hydrogen-bond acceptors (Lipinski definition) is 5. The minimum absolute atomic E-state index is 0.134. The van der Waals surface area contributed by atoms with Crippen molar-refractivity contribution in [2.75, 3.05) is 31.1 Å². The van der Waals surface area contributed by atoms with Gasteiger partial charge in [-0.1, -0.05) is 0 Å². The van der Waals surface area contributed by atoms with E-state index in [9.17, 15) is 9.59 Å². The van der Waals surface area contributed by atoms with Crippen LogP contribution in [0.15, 0.2) is 22.8 Å². The second-order valence-corrected chi connectivity index (χ2v) is 6.59. The highest BCUT2D eigenvalue weighted by Crippen LogP contribution is 2.24. The molecule has 0 aromatic carbocycles. The fraction of sp³-hybridized carbons (Fsp3) is 0.533. The molecule has 126 valence electrons. The molecule has 3 N–H and O–H groups in total. The molecule has 2 heterocycles. The fourth-order valence-electron chi connectivity index (χ4n) is 2.84. The lowest BCUT2D eigenvalue weighted by atomic mass is 9.89. The first-order valence-electron chi connectivity index (χ1n) is 7.55. The number of rotatable bonds is 6. The molecule has 0 aliphatic carbocycles. The van der Waals surface area contributed by atoms with E-state index in [2.05, 4.69) is 25.8 Å². The first-order valence-corrected chi connectivity index (χ1v) is 8.34. The molecule has 1 unspecified atom stereocenters. The molecule has 1 aliphatic rings. The van der Waals surface area contributed by atoms with Crippen LogP contribution in [0.3, 0.4) is 0 Å². The van der Waals surface area contributed by atoms with Gasteiger partial charge in [0.2, 0.25) is 0 Å². The highest BCUT2D eigenvalue weighted by molar-refractivity contribution is 9.10. The lowest BCUT2D eigenvalue weighted by Crippen LogP contribution is -2.48. The summed E-state index contributed by atoms with van der Waals surface area (Å²) in [6.45, 7) is 1.74. The van der Waals surface area contributed by atoms with Crippen LogP contribution in [0.4, 0.5) is 10.6 Å². The van der Waals surface area contributed by atoms with E-state index in [1.165, 1.54) is 0 Å². The van der Waals surface area contributed by atoms with Crippen molar-refractivity contribution in [3.8, 4) is 0 Å². The Balaban J connectivity index is 1.86. The standard InChI is InChI=1S/C15H21BrN4O3/c16-12-1-2-14(18-9-12)19-5-3-11(4-6-19)13(17)10-20(7-8-21)15(22)23/h1-2,8-9,11,13H,3-7,10,17H2,(H,22,23). The molecule has 1 aliphatic heterocycles. The van der Waals surface area contributed by atoms with Gasteiger partial charge in [0.25, 0.3) is 0 Å². The van der Waals surface area contributed by atoms with Gasteiger partial charge in [0.05, 0.1) is 6.54 Å². The number of piperidine rings is 1. The smallest absolute Gasteiger partial charge is 0.407 e. The third-order valence-electron chi connectivity index (χ3n) is 4.18. The van der Waals surface area contributed by atoms with Gasteiger partial charge >= 0.3 is 6.09 Å². The second-order valence-electron chi connectivity index (χ2n) is 5.68. The number of halogens is 1. The van der Waals surface area contributed by atoms with Crippen molar-refractivity contribution < 1.29 is 14.7 Å². The molecular formula is C15H21BrN4O3. The monoisotopic (exact) mass is 384 g/mol. The van der Waals surface area contributed by atoms with Crippen LogP contribution < -0.4 is 10.6 Å². The minimum Gasteiger partial charge on any atom is -0.465 e. The maximum atomic E-state index is 11.1. The second kappa shape index (κ2) is 8.26. The summed E-state index contributed by atoms with van der Waals surface area (Å²) in [6, 6.07) is 3.68. The molecule has 23 heavy (non-hydrogen) atoms. The molecule has 1 aromatic rings. The number of aromatic nitrogens is 1. The van der Waals surface area contributed by atoms with Crippen molar-refractivity contribution in [2.24, 2.45) is 11.7 Å². The Morgan fingerprint density at radius 2 is 2.22 bits per heavy atom. The maximum absolute atomic E-state index is 11.1. The van der Waals surface area contributed by atoms with Crippen LogP contribution >= 0.6 is 15.9 Å². The number of carbonyl (C=O) groups is 2. The summed E-state index contributed by atoms with van der Waals surface area (Å²) in [4.78, 5) is 29.3. The molecule has 2 rings (SSSR count). The first-order chi connectivity index (χ1) is 11.0. The molecule has 1 atom stereocenters. The van der Waals surface area contributed by atoms with Crippen LogP contribution in [-0.2, 0) is 4.79 Å². The number of nitrogens with zero attached hydrogens (tertiary/aromatic N) is 3. The van der Waals surface area contributed by atoms with E-state index in [0.717, 1.165) is 41.1 Å². The van der Waals surface area contributed by atoms with Gasteiger partial charge in [-0.25, -0.2) is 9.78 Å². The molecule has 0 bridgehead atoms. The average Bonchev–Trinajstić information content (AvgIpc) is 2.55. The molecular weight excluding hydrogens is 364 g/mol. The van der Waals surface area contributed by atoms with E-state index in [-0.39, 0.29) is 25.0 Å². The summed E-state index contributed by atoms with van der Waals surface area (Å²) >= 11 is 3.37. The van der Waals surface area contributed by atoms with Crippen molar-refractivity contribution in [1.29, 1.82) is 0 Å². The molecule has 1 saturated heterocycles. The minimum atomic E-state index is -1.11. The molecule has 0 spiro atoms. The Morgan fingerprint density at radius 3 is 2.74 bits per heavy atom. The van der Waals surface area contributed by atoms with Crippen molar-refractivity contribution in [2.45, 2.75) is 18.9 Å². The Morgan fingerprint density at radius 1 is 1.52 bits per heavy atom. The van der Waals surface area contributed by atoms with Gasteiger partial charge in [-0.05, 0) is 46.8 Å². The van der Waals surface area contributed by atoms with Gasteiger partial charge in [-0.15, -0.1) is 0 Å². The lowest BCUT2D eigenvalue weighted by Gasteiger charge is -2.36. The number of hydrogen-bond donors (Lipinski definition) is 2. The van der Waals surface area contributed by atoms with Crippen LogP contribution in [0, 0.1) is 5.92 Å². The van der Waals surface area contributed by atoms with E-state index >= 15 is 0 Å². The fourth-order valence-corrected chi connectivity index (χ4v) is 3.07. The number of nitrogens with two attached hydrogens (primary N) is 1. The van der Waals surface area contributed by atoms with Crippen molar-refractivity contribution >= 4 is 34.1 Å². The highest BCUT2D eigenvalue weighted by Gasteiger charge is 2.27. The molecule has 1 fully saturated rings. The van der Waals surface area contributed by atoms with Crippen molar-refractivity contribution in [1.82, 2.24) is 9.88 Å². The predicted octanol–water partition coefficient (Wildman–Crippen LogP) is 1.57. The van der Waals surface area contributed by atoms with E-state index in [4.69, 9.17) is 10.8 Å². The van der Waals surface area contributed by atoms with Gasteiger partial charge < -0.3 is 20.5 Å². The third-order valence-corrected chi connectivity index (χ3v) is 4.65. The predicted molar refractivity (Wildman–Crippen MR) is 90.5 cm³/mol. The summed E-state index contributed by atoms with van der Waals surface area (Å²) in [5.41, 5.74) is 6.16. The Bertz CT molecular complexity index is 532. The van der Waals surface area contributed by atoms with Crippen molar-refractivity contribution in [3.05, 3.63) is 22.8 Å². The van der Waals surface area contributed by atoms with Gasteiger partial charge in [0.1, 0.15) is 12.1 Å². The molecule has 1 aromatic heterocycles. The summed E-state index contributed by atoms with van der Waals surface area (Å²) in [7, 11) is 0. The topological polar surface area (TPSA) is 99.8 Å². The van der Waals surface area contributed by atoms with E-state index in [0.29, 0.717) is 6.29 Å². The third kappa shape index (κ3) is 4.90. The van der Waals surface area contributed by atoms with E-state index < -0.39 is 6.09 Å². The molecule has 0 radical (unpaired) electrons. The van der Waals surface area contributed by atoms with Crippen LogP contribution in [0.1, 0.15) is 12.8 Å². The van der Waals surface area contributed by atoms with E-state index in [1.807, 2.05) is 12.1 Å². The lowest BCUT2D eigenvalue weighted by molar-refractivity contribution is -0.108. The number of aldehydes is 1. The Labute approximate surface area is 143 Å². The number of amides is 1. The first kappa shape index (κ1) is 17.7. The van der Waals surface area contributed by atoms with Gasteiger partial charge in [0.15, 0.2) is 0 Å². The molecule has 1 amide bonds. The molecule has 8 heteroatoms. The average molecular weight is 385 g/mol. The SMILES string of the molecule is NC(CN(CC=O)C(=O)O)C1CCN(c2ccc(Br)cn2)CC1. The van der Waals surface area contributed by atoms with Crippen LogP contribution in [-0.4, -0.2) is 59.6 Å². The van der Waals surface area contributed by atoms with Crippen LogP contribution in [0.5, 0.6) is 0 Å². The quantitative estimate of drug-likeness (QED) is 0.722. The number of anilines is 1. The summed E-state index contributed by atoms with van der Waals surface area (Å²) in [5, 5.41) is 9.06. The normalized spacial score (nSPS) is 16.9. The van der Waals surface area contributed by atoms with Gasteiger partial charge in [-0.2, -0.15) is 0 Å². The van der Waals surface area contributed by atoms with Crippen LogP contribution in [0.2, 0.25) is 0 Å². The number of carboxylic acid groups (broad SMARTS) is 1.